The summed E-state index contributed by atoms with van der Waals surface area (Å²) in [6, 6.07) is 0. The van der Waals surface area contributed by atoms with E-state index in [1.165, 1.54) is 19.3 Å². The summed E-state index contributed by atoms with van der Waals surface area (Å²) in [6.45, 7) is 4.09. The summed E-state index contributed by atoms with van der Waals surface area (Å²) in [5.41, 5.74) is 0. The zero-order chi connectivity index (χ0) is 8.97. The van der Waals surface area contributed by atoms with Crippen molar-refractivity contribution in [2.45, 2.75) is 45.6 Å². The Morgan fingerprint density at radius 1 is 1.50 bits per heavy atom. The number of rotatable bonds is 2. The fraction of sp³-hybridized carbons (Fsp3) is 0.818. The van der Waals surface area contributed by atoms with Gasteiger partial charge >= 0.3 is 0 Å². The van der Waals surface area contributed by atoms with Gasteiger partial charge in [-0.05, 0) is 31.6 Å². The van der Waals surface area contributed by atoms with Gasteiger partial charge in [-0.15, -0.1) is 11.8 Å². The molecule has 3 unspecified atom stereocenters. The third-order valence-corrected chi connectivity index (χ3v) is 2.77. The Kier molecular flexibility index (Phi) is 3.62. The van der Waals surface area contributed by atoms with E-state index in [1.807, 2.05) is 6.92 Å². The third-order valence-electron chi connectivity index (χ3n) is 2.77. The monoisotopic (exact) mass is 166 g/mol. The van der Waals surface area contributed by atoms with Gasteiger partial charge in [0.1, 0.15) is 0 Å². The summed E-state index contributed by atoms with van der Waals surface area (Å²) < 4.78 is 0. The van der Waals surface area contributed by atoms with Crippen LogP contribution in [0.1, 0.15) is 39.5 Å². The first-order valence-electron chi connectivity index (χ1n) is 4.81. The molecule has 68 valence electrons. The first-order chi connectivity index (χ1) is 5.74. The average Bonchev–Trinajstić information content (AvgIpc) is 2.47. The van der Waals surface area contributed by atoms with Crippen LogP contribution in [-0.4, -0.2) is 11.2 Å². The Bertz CT molecular complexity index is 187. The molecule has 0 radical (unpaired) electrons. The molecule has 0 aromatic rings. The van der Waals surface area contributed by atoms with Crippen molar-refractivity contribution in [2.75, 3.05) is 0 Å². The predicted octanol–water partition coefficient (Wildman–Crippen LogP) is 2.20. The van der Waals surface area contributed by atoms with E-state index in [9.17, 15) is 5.11 Å². The molecule has 0 amide bonds. The number of hydrogen-bond donors (Lipinski definition) is 1. The molecule has 12 heavy (non-hydrogen) atoms. The van der Waals surface area contributed by atoms with Crippen molar-refractivity contribution in [3.05, 3.63) is 0 Å². The molecule has 1 saturated carbocycles. The Hall–Kier alpha value is -0.480. The Balaban J connectivity index is 2.31. The molecular weight excluding hydrogens is 148 g/mol. The smallest absolute Gasteiger partial charge is 0.0677 e. The highest BCUT2D eigenvalue weighted by molar-refractivity contribution is 4.98. The normalized spacial score (nSPS) is 30.9. The van der Waals surface area contributed by atoms with Gasteiger partial charge in [-0.25, -0.2) is 0 Å². The molecule has 0 spiro atoms. The van der Waals surface area contributed by atoms with E-state index in [4.69, 9.17) is 0 Å². The molecule has 0 aliphatic heterocycles. The van der Waals surface area contributed by atoms with Crippen molar-refractivity contribution in [3.8, 4) is 11.8 Å². The standard InChI is InChI=1S/C11H18O/c1-3-4-5-11(12)10-7-6-9(2)8-10/h9-12H,5-8H2,1-2H3. The lowest BCUT2D eigenvalue weighted by molar-refractivity contribution is 0.114. The second-order valence-electron chi connectivity index (χ2n) is 3.88. The van der Waals surface area contributed by atoms with Gasteiger partial charge in [0, 0.05) is 6.42 Å². The van der Waals surface area contributed by atoms with Gasteiger partial charge in [0.05, 0.1) is 6.10 Å². The van der Waals surface area contributed by atoms with E-state index in [0.29, 0.717) is 12.3 Å². The van der Waals surface area contributed by atoms with Crippen LogP contribution in [0.15, 0.2) is 0 Å². The maximum atomic E-state index is 9.70. The van der Waals surface area contributed by atoms with Crippen LogP contribution in [0.4, 0.5) is 0 Å². The van der Waals surface area contributed by atoms with Crippen LogP contribution in [0.5, 0.6) is 0 Å². The molecule has 1 nitrogen and oxygen atoms in total. The molecular formula is C11H18O. The van der Waals surface area contributed by atoms with Gasteiger partial charge in [0.15, 0.2) is 0 Å². The molecule has 1 aliphatic rings. The average molecular weight is 166 g/mol. The zero-order valence-electron chi connectivity index (χ0n) is 8.01. The van der Waals surface area contributed by atoms with Crippen LogP contribution >= 0.6 is 0 Å². The molecule has 1 N–H and O–H groups in total. The quantitative estimate of drug-likeness (QED) is 0.623. The summed E-state index contributed by atoms with van der Waals surface area (Å²) in [5, 5.41) is 9.70. The summed E-state index contributed by atoms with van der Waals surface area (Å²) >= 11 is 0. The molecule has 1 heteroatoms. The van der Waals surface area contributed by atoms with Crippen LogP contribution in [0.3, 0.4) is 0 Å². The second-order valence-corrected chi connectivity index (χ2v) is 3.88. The van der Waals surface area contributed by atoms with Crippen LogP contribution in [-0.2, 0) is 0 Å². The molecule has 0 aromatic heterocycles. The number of hydrogen-bond acceptors (Lipinski definition) is 1. The lowest BCUT2D eigenvalue weighted by atomic mass is 9.97. The van der Waals surface area contributed by atoms with Crippen LogP contribution < -0.4 is 0 Å². The lowest BCUT2D eigenvalue weighted by Crippen LogP contribution is -2.16. The predicted molar refractivity (Wildman–Crippen MR) is 50.6 cm³/mol. The molecule has 0 aromatic carbocycles. The van der Waals surface area contributed by atoms with Gasteiger partial charge in [-0.1, -0.05) is 13.3 Å². The van der Waals surface area contributed by atoms with Gasteiger partial charge in [0.25, 0.3) is 0 Å². The molecule has 0 saturated heterocycles. The summed E-state index contributed by atoms with van der Waals surface area (Å²) in [5.74, 6) is 7.08. The molecule has 1 fully saturated rings. The van der Waals surface area contributed by atoms with E-state index < -0.39 is 0 Å². The second kappa shape index (κ2) is 4.52. The summed E-state index contributed by atoms with van der Waals surface area (Å²) in [4.78, 5) is 0. The summed E-state index contributed by atoms with van der Waals surface area (Å²) in [7, 11) is 0. The van der Waals surface area contributed by atoms with Crippen LogP contribution in [0.25, 0.3) is 0 Å². The van der Waals surface area contributed by atoms with E-state index in [0.717, 1.165) is 5.92 Å². The highest BCUT2D eigenvalue weighted by atomic mass is 16.3. The van der Waals surface area contributed by atoms with Crippen LogP contribution in [0.2, 0.25) is 0 Å². The fourth-order valence-corrected chi connectivity index (χ4v) is 1.97. The lowest BCUT2D eigenvalue weighted by Gasteiger charge is -2.14. The highest BCUT2D eigenvalue weighted by Crippen LogP contribution is 2.33. The fourth-order valence-electron chi connectivity index (χ4n) is 1.97. The van der Waals surface area contributed by atoms with Crippen LogP contribution in [0, 0.1) is 23.7 Å². The SMILES string of the molecule is CC#CCC(O)C1CCC(C)C1. The largest absolute Gasteiger partial charge is 0.392 e. The van der Waals surface area contributed by atoms with Gasteiger partial charge in [-0.3, -0.25) is 0 Å². The van der Waals surface area contributed by atoms with Crippen molar-refractivity contribution in [2.24, 2.45) is 11.8 Å². The molecule has 0 heterocycles. The topological polar surface area (TPSA) is 20.2 Å². The van der Waals surface area contributed by atoms with Crippen molar-refractivity contribution in [3.63, 3.8) is 0 Å². The minimum Gasteiger partial charge on any atom is -0.392 e. The van der Waals surface area contributed by atoms with Crippen molar-refractivity contribution in [1.82, 2.24) is 0 Å². The highest BCUT2D eigenvalue weighted by Gasteiger charge is 2.26. The molecule has 1 aliphatic carbocycles. The number of aliphatic hydroxyl groups is 1. The van der Waals surface area contributed by atoms with Crippen molar-refractivity contribution in [1.29, 1.82) is 0 Å². The van der Waals surface area contributed by atoms with Gasteiger partial charge in [0.2, 0.25) is 0 Å². The van der Waals surface area contributed by atoms with Gasteiger partial charge in [-0.2, -0.15) is 0 Å². The van der Waals surface area contributed by atoms with E-state index >= 15 is 0 Å². The number of aliphatic hydroxyl groups excluding tert-OH is 1. The Morgan fingerprint density at radius 2 is 2.25 bits per heavy atom. The Morgan fingerprint density at radius 3 is 2.75 bits per heavy atom. The van der Waals surface area contributed by atoms with Crippen molar-refractivity contribution >= 4 is 0 Å². The molecule has 1 rings (SSSR count). The zero-order valence-corrected chi connectivity index (χ0v) is 8.01. The molecule has 0 bridgehead atoms. The van der Waals surface area contributed by atoms with E-state index in [2.05, 4.69) is 18.8 Å². The van der Waals surface area contributed by atoms with E-state index in [-0.39, 0.29) is 6.10 Å². The summed E-state index contributed by atoms with van der Waals surface area (Å²) in [6.07, 6.45) is 4.14. The maximum absolute atomic E-state index is 9.70. The minimum atomic E-state index is -0.178. The first-order valence-corrected chi connectivity index (χ1v) is 4.81. The Labute approximate surface area is 75.2 Å². The van der Waals surface area contributed by atoms with E-state index in [1.54, 1.807) is 0 Å². The molecule has 3 atom stereocenters. The third kappa shape index (κ3) is 2.53. The van der Waals surface area contributed by atoms with Gasteiger partial charge < -0.3 is 5.11 Å². The minimum absolute atomic E-state index is 0.178. The maximum Gasteiger partial charge on any atom is 0.0677 e. The first kappa shape index (κ1) is 9.61. The van der Waals surface area contributed by atoms with Crippen molar-refractivity contribution < 1.29 is 5.11 Å².